The Morgan fingerprint density at radius 3 is 2.65 bits per heavy atom. The Morgan fingerprint density at radius 2 is 1.90 bits per heavy atom. The Morgan fingerprint density at radius 1 is 1.13 bits per heavy atom. The minimum absolute atomic E-state index is 0.00743. The number of hydrogen-bond donors (Lipinski definition) is 3. The highest BCUT2D eigenvalue weighted by Crippen LogP contribution is 2.26. The molecule has 3 rings (SSSR count). The maximum absolute atomic E-state index is 12.4. The molecule has 7 nitrogen and oxygen atoms in total. The number of aromatic nitrogens is 1. The Labute approximate surface area is 194 Å². The second kappa shape index (κ2) is 10.4. The molecular formula is C22H23BrN4O3S. The number of thiocarbonyl (C=S) groups is 1. The number of carbonyl (C=O) groups excluding carboxylic acids is 2. The Kier molecular flexibility index (Phi) is 7.64. The molecule has 0 spiro atoms. The SMILES string of the molecule is CC(C)COc1ccc(C(=O)NC(=S)NNC(=O)Cn2ccc3ccccc32)cc1Br. The fraction of sp³-hybridized carbons (Fsp3) is 0.227. The van der Waals surface area contributed by atoms with Crippen LogP contribution in [-0.4, -0.2) is 28.1 Å². The van der Waals surface area contributed by atoms with Crippen LogP contribution < -0.4 is 20.9 Å². The number of hydrogen-bond acceptors (Lipinski definition) is 4. The smallest absolute Gasteiger partial charge is 0.258 e. The van der Waals surface area contributed by atoms with Crippen LogP contribution in [0.15, 0.2) is 59.2 Å². The third kappa shape index (κ3) is 6.28. The van der Waals surface area contributed by atoms with Gasteiger partial charge in [0.05, 0.1) is 11.1 Å². The van der Waals surface area contributed by atoms with E-state index < -0.39 is 5.91 Å². The maximum atomic E-state index is 12.4. The Balaban J connectivity index is 1.49. The largest absolute Gasteiger partial charge is 0.492 e. The molecule has 0 bridgehead atoms. The summed E-state index contributed by atoms with van der Waals surface area (Å²) >= 11 is 8.52. The lowest BCUT2D eigenvalue weighted by atomic mass is 10.2. The van der Waals surface area contributed by atoms with Crippen molar-refractivity contribution in [1.82, 2.24) is 20.7 Å². The molecule has 0 saturated carbocycles. The number of carbonyl (C=O) groups is 2. The molecule has 2 aromatic carbocycles. The van der Waals surface area contributed by atoms with Gasteiger partial charge in [-0.15, -0.1) is 0 Å². The zero-order valence-corrected chi connectivity index (χ0v) is 19.5. The zero-order valence-electron chi connectivity index (χ0n) is 17.1. The molecule has 1 aromatic heterocycles. The van der Waals surface area contributed by atoms with Gasteiger partial charge in [0.25, 0.3) is 11.8 Å². The van der Waals surface area contributed by atoms with Gasteiger partial charge < -0.3 is 9.30 Å². The molecule has 0 radical (unpaired) electrons. The standard InChI is InChI=1S/C22H23BrN4O3S/c1-14(2)13-30-19-8-7-16(11-17(19)23)21(29)24-22(31)26-25-20(28)12-27-10-9-15-5-3-4-6-18(15)27/h3-11,14H,12-13H2,1-2H3,(H,25,28)(H2,24,26,29,31). The quantitative estimate of drug-likeness (QED) is 0.352. The van der Waals surface area contributed by atoms with Crippen molar-refractivity contribution in [3.8, 4) is 5.75 Å². The third-order valence-corrected chi connectivity index (χ3v) is 5.13. The average Bonchev–Trinajstić information content (AvgIpc) is 3.14. The van der Waals surface area contributed by atoms with Crippen LogP contribution in [0.2, 0.25) is 0 Å². The number of rotatable bonds is 6. The summed E-state index contributed by atoms with van der Waals surface area (Å²) in [5.74, 6) is 0.354. The van der Waals surface area contributed by atoms with Gasteiger partial charge in [-0.1, -0.05) is 32.0 Å². The number of hydrazine groups is 1. The van der Waals surface area contributed by atoms with E-state index in [1.54, 1.807) is 18.2 Å². The summed E-state index contributed by atoms with van der Waals surface area (Å²) in [6, 6.07) is 14.8. The lowest BCUT2D eigenvalue weighted by Crippen LogP contribution is -2.49. The van der Waals surface area contributed by atoms with Crippen LogP contribution in [0.5, 0.6) is 5.75 Å². The minimum Gasteiger partial charge on any atom is -0.492 e. The number of nitrogens with zero attached hydrogens (tertiary/aromatic N) is 1. The van der Waals surface area contributed by atoms with Crippen molar-refractivity contribution in [2.24, 2.45) is 5.92 Å². The van der Waals surface area contributed by atoms with E-state index >= 15 is 0 Å². The van der Waals surface area contributed by atoms with Crippen molar-refractivity contribution in [2.45, 2.75) is 20.4 Å². The van der Waals surface area contributed by atoms with Crippen LogP contribution in [0.25, 0.3) is 10.9 Å². The highest BCUT2D eigenvalue weighted by molar-refractivity contribution is 9.10. The molecule has 0 aliphatic rings. The third-order valence-electron chi connectivity index (χ3n) is 4.30. The molecule has 0 saturated heterocycles. The van der Waals surface area contributed by atoms with Crippen molar-refractivity contribution < 1.29 is 14.3 Å². The second-order valence-corrected chi connectivity index (χ2v) is 8.57. The predicted molar refractivity (Wildman–Crippen MR) is 128 cm³/mol. The van der Waals surface area contributed by atoms with Gasteiger partial charge in [0.1, 0.15) is 12.3 Å². The van der Waals surface area contributed by atoms with Crippen LogP contribution in [0.4, 0.5) is 0 Å². The molecule has 3 N–H and O–H groups in total. The fourth-order valence-electron chi connectivity index (χ4n) is 2.82. The van der Waals surface area contributed by atoms with E-state index in [9.17, 15) is 9.59 Å². The van der Waals surface area contributed by atoms with E-state index in [0.717, 1.165) is 10.9 Å². The Bertz CT molecular complexity index is 1110. The second-order valence-electron chi connectivity index (χ2n) is 7.31. The van der Waals surface area contributed by atoms with E-state index in [4.69, 9.17) is 17.0 Å². The first-order chi connectivity index (χ1) is 14.8. The van der Waals surface area contributed by atoms with E-state index in [2.05, 4.69) is 45.9 Å². The topological polar surface area (TPSA) is 84.4 Å². The summed E-state index contributed by atoms with van der Waals surface area (Å²) in [5.41, 5.74) is 6.41. The van der Waals surface area contributed by atoms with Crippen LogP contribution in [-0.2, 0) is 11.3 Å². The van der Waals surface area contributed by atoms with Crippen molar-refractivity contribution in [1.29, 1.82) is 0 Å². The van der Waals surface area contributed by atoms with E-state index in [-0.39, 0.29) is 17.6 Å². The number of amides is 2. The van der Waals surface area contributed by atoms with Crippen LogP contribution in [0.1, 0.15) is 24.2 Å². The lowest BCUT2D eigenvalue weighted by molar-refractivity contribution is -0.122. The summed E-state index contributed by atoms with van der Waals surface area (Å²) in [7, 11) is 0. The molecule has 31 heavy (non-hydrogen) atoms. The van der Waals surface area contributed by atoms with Gasteiger partial charge in [0.15, 0.2) is 5.11 Å². The molecule has 0 aliphatic heterocycles. The number of para-hydroxylation sites is 1. The van der Waals surface area contributed by atoms with Crippen LogP contribution in [0.3, 0.4) is 0 Å². The summed E-state index contributed by atoms with van der Waals surface area (Å²) in [6.07, 6.45) is 1.84. The van der Waals surface area contributed by atoms with Gasteiger partial charge in [0.2, 0.25) is 0 Å². The first-order valence-corrected chi connectivity index (χ1v) is 10.9. The van der Waals surface area contributed by atoms with Gasteiger partial charge in [0, 0.05) is 17.3 Å². The first-order valence-electron chi connectivity index (χ1n) is 9.70. The molecule has 9 heteroatoms. The molecule has 0 fully saturated rings. The molecule has 162 valence electrons. The maximum Gasteiger partial charge on any atom is 0.258 e. The van der Waals surface area contributed by atoms with Gasteiger partial charge in [-0.05, 0) is 69.8 Å². The number of ether oxygens (including phenoxy) is 1. The number of fused-ring (bicyclic) bond motifs is 1. The minimum atomic E-state index is -0.403. The predicted octanol–water partition coefficient (Wildman–Crippen LogP) is 3.77. The summed E-state index contributed by atoms with van der Waals surface area (Å²) in [6.45, 7) is 4.81. The summed E-state index contributed by atoms with van der Waals surface area (Å²) in [4.78, 5) is 24.6. The molecule has 0 unspecified atom stereocenters. The molecule has 0 aliphatic carbocycles. The number of benzene rings is 2. The summed E-state index contributed by atoms with van der Waals surface area (Å²) in [5, 5.41) is 3.58. The van der Waals surface area contributed by atoms with E-state index in [1.165, 1.54) is 0 Å². The molecule has 1 heterocycles. The highest BCUT2D eigenvalue weighted by Gasteiger charge is 2.12. The normalized spacial score (nSPS) is 10.7. The van der Waals surface area contributed by atoms with Gasteiger partial charge in [-0.2, -0.15) is 0 Å². The van der Waals surface area contributed by atoms with Crippen LogP contribution in [0, 0.1) is 5.92 Å². The van der Waals surface area contributed by atoms with Crippen molar-refractivity contribution in [2.75, 3.05) is 6.61 Å². The zero-order chi connectivity index (χ0) is 22.4. The lowest BCUT2D eigenvalue weighted by Gasteiger charge is -2.13. The van der Waals surface area contributed by atoms with Crippen molar-refractivity contribution in [3.05, 3.63) is 64.8 Å². The van der Waals surface area contributed by atoms with Gasteiger partial charge in [-0.25, -0.2) is 0 Å². The molecular weight excluding hydrogens is 480 g/mol. The van der Waals surface area contributed by atoms with E-state index in [0.29, 0.717) is 28.3 Å². The number of nitrogens with one attached hydrogen (secondary N) is 3. The average molecular weight is 503 g/mol. The monoisotopic (exact) mass is 502 g/mol. The molecule has 0 atom stereocenters. The molecule has 2 amide bonds. The summed E-state index contributed by atoms with van der Waals surface area (Å²) < 4.78 is 8.18. The van der Waals surface area contributed by atoms with E-state index in [1.807, 2.05) is 41.1 Å². The van der Waals surface area contributed by atoms with Gasteiger partial charge >= 0.3 is 0 Å². The van der Waals surface area contributed by atoms with Crippen molar-refractivity contribution >= 4 is 56.0 Å². The molecule has 3 aromatic rings. The van der Waals surface area contributed by atoms with Crippen LogP contribution >= 0.6 is 28.1 Å². The fourth-order valence-corrected chi connectivity index (χ4v) is 3.46. The number of halogens is 1. The Hall–Kier alpha value is -2.91. The van der Waals surface area contributed by atoms with Crippen molar-refractivity contribution in [3.63, 3.8) is 0 Å². The highest BCUT2D eigenvalue weighted by atomic mass is 79.9. The van der Waals surface area contributed by atoms with Gasteiger partial charge in [-0.3, -0.25) is 25.8 Å². The first kappa shape index (κ1) is 22.8.